The molecule has 0 unspecified atom stereocenters. The highest BCUT2D eigenvalue weighted by Crippen LogP contribution is 2.28. The Balaban J connectivity index is 2.17. The highest BCUT2D eigenvalue weighted by Gasteiger charge is 2.16. The molecule has 0 bridgehead atoms. The summed E-state index contributed by atoms with van der Waals surface area (Å²) in [6, 6.07) is 9.48. The lowest BCUT2D eigenvalue weighted by atomic mass is 10.3. The van der Waals surface area contributed by atoms with E-state index in [1.165, 1.54) is 23.1 Å². The zero-order chi connectivity index (χ0) is 13.4. The van der Waals surface area contributed by atoms with E-state index in [-0.39, 0.29) is 16.5 Å². The molecule has 0 aliphatic carbocycles. The number of nitrogens with zero attached hydrogens (tertiary/aromatic N) is 2. The maximum atomic E-state index is 13.8. The molecular formula is C13H9ClFN3O. The van der Waals surface area contributed by atoms with E-state index in [0.29, 0.717) is 11.5 Å². The van der Waals surface area contributed by atoms with E-state index < -0.39 is 5.82 Å². The lowest BCUT2D eigenvalue weighted by molar-refractivity contribution is 0.578. The van der Waals surface area contributed by atoms with Gasteiger partial charge in [0.2, 0.25) is 0 Å². The first kappa shape index (κ1) is 11.8. The summed E-state index contributed by atoms with van der Waals surface area (Å²) in [4.78, 5) is 0. The third-order valence-corrected chi connectivity index (χ3v) is 2.96. The summed E-state index contributed by atoms with van der Waals surface area (Å²) < 4.78 is 20.3. The summed E-state index contributed by atoms with van der Waals surface area (Å²) in [6.07, 6.45) is 1.53. The third kappa shape index (κ3) is 1.98. The Hall–Kier alpha value is -2.27. The Bertz CT molecular complexity index is 701. The van der Waals surface area contributed by atoms with Crippen molar-refractivity contribution >= 4 is 17.4 Å². The molecule has 0 saturated heterocycles. The first-order chi connectivity index (χ1) is 9.16. The fourth-order valence-electron chi connectivity index (χ4n) is 1.81. The van der Waals surface area contributed by atoms with Crippen molar-refractivity contribution in [3.8, 4) is 17.1 Å². The first-order valence-corrected chi connectivity index (χ1v) is 5.88. The van der Waals surface area contributed by atoms with Gasteiger partial charge in [-0.25, -0.2) is 9.07 Å². The zero-order valence-corrected chi connectivity index (χ0v) is 10.4. The van der Waals surface area contributed by atoms with Crippen molar-refractivity contribution in [2.75, 3.05) is 5.73 Å². The van der Waals surface area contributed by atoms with Crippen molar-refractivity contribution in [3.05, 3.63) is 53.5 Å². The predicted octanol–water partition coefficient (Wildman–Crippen LogP) is 3.51. The number of hydrogen-bond acceptors (Lipinski definition) is 3. The van der Waals surface area contributed by atoms with Crippen LogP contribution in [-0.4, -0.2) is 9.78 Å². The molecule has 0 amide bonds. The molecule has 0 aliphatic rings. The number of nitrogens with two attached hydrogens (primary N) is 1. The van der Waals surface area contributed by atoms with E-state index in [0.717, 1.165) is 0 Å². The Labute approximate surface area is 113 Å². The molecule has 3 aromatic rings. The number of nitrogen functional groups attached to an aromatic ring is 1. The van der Waals surface area contributed by atoms with Gasteiger partial charge in [0, 0.05) is 6.07 Å². The zero-order valence-electron chi connectivity index (χ0n) is 9.68. The number of hydrogen-bond donors (Lipinski definition) is 1. The second-order valence-electron chi connectivity index (χ2n) is 3.91. The minimum Gasteiger partial charge on any atom is -0.463 e. The summed E-state index contributed by atoms with van der Waals surface area (Å²) in [5, 5.41) is 4.45. The highest BCUT2D eigenvalue weighted by atomic mass is 35.5. The van der Waals surface area contributed by atoms with Crippen molar-refractivity contribution in [3.63, 3.8) is 0 Å². The summed E-state index contributed by atoms with van der Waals surface area (Å²) in [6.45, 7) is 0. The van der Waals surface area contributed by atoms with Crippen LogP contribution in [0.3, 0.4) is 0 Å². The van der Waals surface area contributed by atoms with Crippen LogP contribution in [0.5, 0.6) is 0 Å². The Morgan fingerprint density at radius 3 is 2.79 bits per heavy atom. The maximum Gasteiger partial charge on any atom is 0.154 e. The van der Waals surface area contributed by atoms with Crippen LogP contribution in [0.25, 0.3) is 17.1 Å². The number of furan rings is 1. The monoisotopic (exact) mass is 277 g/mol. The SMILES string of the molecule is Nc1cc(-c2ccco2)nn1-c1c(F)cccc1Cl. The van der Waals surface area contributed by atoms with Crippen molar-refractivity contribution in [1.29, 1.82) is 0 Å². The fourth-order valence-corrected chi connectivity index (χ4v) is 2.05. The van der Waals surface area contributed by atoms with Gasteiger partial charge in [0.25, 0.3) is 0 Å². The normalized spacial score (nSPS) is 10.8. The van der Waals surface area contributed by atoms with Gasteiger partial charge in [0.1, 0.15) is 23.0 Å². The molecular weight excluding hydrogens is 269 g/mol. The van der Waals surface area contributed by atoms with Crippen molar-refractivity contribution < 1.29 is 8.81 Å². The number of anilines is 1. The molecule has 0 spiro atoms. The van der Waals surface area contributed by atoms with Crippen molar-refractivity contribution in [2.24, 2.45) is 0 Å². The van der Waals surface area contributed by atoms with Gasteiger partial charge < -0.3 is 10.2 Å². The first-order valence-electron chi connectivity index (χ1n) is 5.50. The van der Waals surface area contributed by atoms with Gasteiger partial charge in [-0.15, -0.1) is 0 Å². The summed E-state index contributed by atoms with van der Waals surface area (Å²) in [5.41, 5.74) is 6.49. The molecule has 3 rings (SSSR count). The van der Waals surface area contributed by atoms with Crippen LogP contribution in [0, 0.1) is 5.82 Å². The number of benzene rings is 1. The molecule has 2 aromatic heterocycles. The molecule has 4 nitrogen and oxygen atoms in total. The molecule has 0 aliphatic heterocycles. The van der Waals surface area contributed by atoms with E-state index in [9.17, 15) is 4.39 Å². The average Bonchev–Trinajstić information content (AvgIpc) is 2.99. The van der Waals surface area contributed by atoms with Gasteiger partial charge in [0.05, 0.1) is 11.3 Å². The lowest BCUT2D eigenvalue weighted by Gasteiger charge is -2.07. The van der Waals surface area contributed by atoms with E-state index in [1.807, 2.05) is 0 Å². The Kier molecular flexibility index (Phi) is 2.76. The molecule has 19 heavy (non-hydrogen) atoms. The predicted molar refractivity (Wildman–Crippen MR) is 70.6 cm³/mol. The fraction of sp³-hybridized carbons (Fsp3) is 0. The highest BCUT2D eigenvalue weighted by molar-refractivity contribution is 6.32. The quantitative estimate of drug-likeness (QED) is 0.780. The number of para-hydroxylation sites is 1. The van der Waals surface area contributed by atoms with Crippen molar-refractivity contribution in [1.82, 2.24) is 9.78 Å². The molecule has 2 N–H and O–H groups in total. The van der Waals surface area contributed by atoms with Gasteiger partial charge in [-0.3, -0.25) is 0 Å². The smallest absolute Gasteiger partial charge is 0.154 e. The van der Waals surface area contributed by atoms with E-state index in [2.05, 4.69) is 5.10 Å². The number of halogens is 2. The average molecular weight is 278 g/mol. The third-order valence-electron chi connectivity index (χ3n) is 2.66. The van der Waals surface area contributed by atoms with Crippen molar-refractivity contribution in [2.45, 2.75) is 0 Å². The molecule has 1 aromatic carbocycles. The minimum atomic E-state index is -0.492. The Morgan fingerprint density at radius 2 is 2.11 bits per heavy atom. The Morgan fingerprint density at radius 1 is 1.26 bits per heavy atom. The van der Waals surface area contributed by atoms with Crippen LogP contribution in [-0.2, 0) is 0 Å². The molecule has 6 heteroatoms. The summed E-state index contributed by atoms with van der Waals surface area (Å²) in [5.74, 6) is 0.338. The standard InChI is InChI=1S/C13H9ClFN3O/c14-8-3-1-4-9(15)13(8)18-12(16)7-10(17-18)11-5-2-6-19-11/h1-7H,16H2. The number of rotatable bonds is 2. The summed E-state index contributed by atoms with van der Waals surface area (Å²) in [7, 11) is 0. The molecule has 0 atom stereocenters. The van der Waals surface area contributed by atoms with Crippen LogP contribution < -0.4 is 5.73 Å². The van der Waals surface area contributed by atoms with Gasteiger partial charge in [-0.1, -0.05) is 17.7 Å². The van der Waals surface area contributed by atoms with E-state index >= 15 is 0 Å². The second-order valence-corrected chi connectivity index (χ2v) is 4.32. The minimum absolute atomic E-state index is 0.125. The van der Waals surface area contributed by atoms with Gasteiger partial charge in [-0.2, -0.15) is 5.10 Å². The molecule has 0 saturated carbocycles. The van der Waals surface area contributed by atoms with Gasteiger partial charge >= 0.3 is 0 Å². The second kappa shape index (κ2) is 4.44. The molecule has 2 heterocycles. The summed E-state index contributed by atoms with van der Waals surface area (Å²) >= 11 is 5.99. The topological polar surface area (TPSA) is 57.0 Å². The number of aromatic nitrogens is 2. The van der Waals surface area contributed by atoms with Gasteiger partial charge in [-0.05, 0) is 24.3 Å². The van der Waals surface area contributed by atoms with Crippen LogP contribution in [0.4, 0.5) is 10.2 Å². The maximum absolute atomic E-state index is 13.8. The molecule has 96 valence electrons. The van der Waals surface area contributed by atoms with Gasteiger partial charge in [0.15, 0.2) is 5.76 Å². The van der Waals surface area contributed by atoms with Crippen LogP contribution >= 0.6 is 11.6 Å². The van der Waals surface area contributed by atoms with Crippen LogP contribution in [0.15, 0.2) is 47.1 Å². The lowest BCUT2D eigenvalue weighted by Crippen LogP contribution is -2.04. The largest absolute Gasteiger partial charge is 0.463 e. The van der Waals surface area contributed by atoms with Crippen LogP contribution in [0.1, 0.15) is 0 Å². The van der Waals surface area contributed by atoms with Crippen LogP contribution in [0.2, 0.25) is 5.02 Å². The van der Waals surface area contributed by atoms with E-state index in [4.69, 9.17) is 21.8 Å². The van der Waals surface area contributed by atoms with E-state index in [1.54, 1.807) is 24.3 Å². The molecule has 0 radical (unpaired) electrons. The molecule has 0 fully saturated rings.